The average molecular weight is 112 g/mol. The fourth-order valence-electron chi connectivity index (χ4n) is 0.633. The van der Waals surface area contributed by atoms with E-state index >= 15 is 0 Å². The Hall–Kier alpha value is 0. The maximum atomic E-state index is 2.34. The Morgan fingerprint density at radius 3 is 2.62 bits per heavy atom. The summed E-state index contributed by atoms with van der Waals surface area (Å²) < 4.78 is 0. The Labute approximate surface area is 53.3 Å². The van der Waals surface area contributed by atoms with Crippen molar-refractivity contribution < 1.29 is 0 Å². The Morgan fingerprint density at radius 2 is 2.12 bits per heavy atom. The Bertz CT molecular complexity index is 25.0. The van der Waals surface area contributed by atoms with Crippen molar-refractivity contribution in [2.45, 2.75) is 39.5 Å². The third-order valence-electron chi connectivity index (χ3n) is 1.16. The molecule has 0 bridgehead atoms. The fraction of sp³-hybridized carbons (Fsp3) is 0.750. The van der Waals surface area contributed by atoms with Crippen LogP contribution in [0.15, 0.2) is 0 Å². The molecular weight excluding hydrogens is 96.1 g/mol. The summed E-state index contributed by atoms with van der Waals surface area (Å²) in [7, 11) is 0. The first-order valence-electron chi connectivity index (χ1n) is 3.51. The molecule has 8 heavy (non-hydrogen) atoms. The van der Waals surface area contributed by atoms with E-state index in [1.165, 1.54) is 25.7 Å². The van der Waals surface area contributed by atoms with Gasteiger partial charge in [0.2, 0.25) is 0 Å². The van der Waals surface area contributed by atoms with Gasteiger partial charge in [0.1, 0.15) is 0 Å². The number of hydrogen-bond acceptors (Lipinski definition) is 0. The second-order valence-corrected chi connectivity index (χ2v) is 2.07. The smallest absolute Gasteiger partial charge is 0.0383 e. The van der Waals surface area contributed by atoms with E-state index in [-0.39, 0.29) is 0 Å². The summed E-state index contributed by atoms with van der Waals surface area (Å²) in [5.74, 6) is 0. The summed E-state index contributed by atoms with van der Waals surface area (Å²) in [5, 5.41) is 0. The van der Waals surface area contributed by atoms with Gasteiger partial charge in [0.25, 0.3) is 0 Å². The molecule has 0 nitrogen and oxygen atoms in total. The van der Waals surface area contributed by atoms with Crippen LogP contribution in [0.2, 0.25) is 0 Å². The second kappa shape index (κ2) is 7.00. The molecule has 0 aliphatic rings. The van der Waals surface area contributed by atoms with E-state index in [0.717, 1.165) is 0 Å². The maximum Gasteiger partial charge on any atom is -0.0383 e. The first-order valence-corrected chi connectivity index (χ1v) is 3.51. The Balaban J connectivity index is 2.53. The summed E-state index contributed by atoms with van der Waals surface area (Å²) in [6.07, 6.45) is 9.67. The van der Waals surface area contributed by atoms with Gasteiger partial charge in [0.05, 0.1) is 0 Å². The van der Waals surface area contributed by atoms with E-state index in [4.69, 9.17) is 0 Å². The lowest BCUT2D eigenvalue weighted by Crippen LogP contribution is -1.75. The molecule has 0 rings (SSSR count). The molecule has 0 spiro atoms. The van der Waals surface area contributed by atoms with Crippen molar-refractivity contribution in [3.63, 3.8) is 0 Å². The molecule has 0 aromatic rings. The highest BCUT2D eigenvalue weighted by atomic mass is 13.9. The standard InChI is InChI=1S/C8H16/c1-3-5-7-8-6-4-2/h3,7H,4-6,8H2,1-2H3. The van der Waals surface area contributed by atoms with Crippen molar-refractivity contribution in [3.8, 4) is 0 Å². The molecule has 0 fully saturated rings. The number of rotatable bonds is 5. The van der Waals surface area contributed by atoms with E-state index in [1.807, 2.05) is 0 Å². The van der Waals surface area contributed by atoms with E-state index in [0.29, 0.717) is 0 Å². The van der Waals surface area contributed by atoms with Crippen molar-refractivity contribution in [3.05, 3.63) is 12.8 Å². The quantitative estimate of drug-likeness (QED) is 0.479. The summed E-state index contributed by atoms with van der Waals surface area (Å²) in [5.41, 5.74) is 0. The lowest BCUT2D eigenvalue weighted by Gasteiger charge is -1.93. The van der Waals surface area contributed by atoms with Crippen molar-refractivity contribution >= 4 is 0 Å². The van der Waals surface area contributed by atoms with E-state index in [2.05, 4.69) is 26.7 Å². The maximum absolute atomic E-state index is 2.34. The van der Waals surface area contributed by atoms with Gasteiger partial charge >= 0.3 is 0 Å². The average Bonchev–Trinajstić information content (AvgIpc) is 1.81. The monoisotopic (exact) mass is 112 g/mol. The van der Waals surface area contributed by atoms with Crippen LogP contribution in [0.1, 0.15) is 39.5 Å². The molecule has 0 aliphatic carbocycles. The highest BCUT2D eigenvalue weighted by Crippen LogP contribution is 2.01. The Morgan fingerprint density at radius 1 is 1.38 bits per heavy atom. The summed E-state index contributed by atoms with van der Waals surface area (Å²) in [6, 6.07) is 0. The van der Waals surface area contributed by atoms with Crippen LogP contribution in [0.4, 0.5) is 0 Å². The summed E-state index contributed by atoms with van der Waals surface area (Å²) >= 11 is 0. The van der Waals surface area contributed by atoms with Crippen molar-refractivity contribution in [1.82, 2.24) is 0 Å². The predicted octanol–water partition coefficient (Wildman–Crippen LogP) is 3.00. The lowest BCUT2D eigenvalue weighted by atomic mass is 10.1. The van der Waals surface area contributed by atoms with Crippen LogP contribution in [-0.2, 0) is 0 Å². The van der Waals surface area contributed by atoms with Gasteiger partial charge in [-0.1, -0.05) is 33.1 Å². The van der Waals surface area contributed by atoms with Gasteiger partial charge in [-0.2, -0.15) is 0 Å². The third-order valence-corrected chi connectivity index (χ3v) is 1.16. The zero-order valence-electron chi connectivity index (χ0n) is 5.98. The van der Waals surface area contributed by atoms with Gasteiger partial charge < -0.3 is 0 Å². The van der Waals surface area contributed by atoms with Crippen LogP contribution in [0.25, 0.3) is 0 Å². The Kier molecular flexibility index (Phi) is 7.00. The van der Waals surface area contributed by atoms with E-state index in [1.54, 1.807) is 0 Å². The molecular formula is C8H16. The zero-order chi connectivity index (χ0) is 6.24. The molecule has 0 heterocycles. The largest absolute Gasteiger partial charge is 0.0654 e. The van der Waals surface area contributed by atoms with E-state index < -0.39 is 0 Å². The van der Waals surface area contributed by atoms with Crippen molar-refractivity contribution in [1.29, 1.82) is 0 Å². The van der Waals surface area contributed by atoms with Gasteiger partial charge in [0, 0.05) is 0 Å². The molecule has 0 amide bonds. The topological polar surface area (TPSA) is 0 Å². The van der Waals surface area contributed by atoms with Gasteiger partial charge in [-0.25, -0.2) is 0 Å². The normalized spacial score (nSPS) is 9.75. The van der Waals surface area contributed by atoms with Crippen LogP contribution < -0.4 is 0 Å². The molecule has 0 saturated heterocycles. The first-order chi connectivity index (χ1) is 3.91. The van der Waals surface area contributed by atoms with E-state index in [9.17, 15) is 0 Å². The summed E-state index contributed by atoms with van der Waals surface area (Å²) in [4.78, 5) is 0. The minimum Gasteiger partial charge on any atom is -0.0654 e. The van der Waals surface area contributed by atoms with Crippen LogP contribution in [-0.4, -0.2) is 0 Å². The van der Waals surface area contributed by atoms with Gasteiger partial charge in [-0.05, 0) is 19.3 Å². The first kappa shape index (κ1) is 8.00. The lowest BCUT2D eigenvalue weighted by molar-refractivity contribution is 0.764. The molecule has 0 aliphatic heterocycles. The zero-order valence-corrected chi connectivity index (χ0v) is 5.98. The molecule has 0 heteroatoms. The minimum absolute atomic E-state index is 1.18. The highest BCUT2D eigenvalue weighted by molar-refractivity contribution is 4.71. The molecule has 0 atom stereocenters. The fourth-order valence-corrected chi connectivity index (χ4v) is 0.633. The molecule has 0 aromatic heterocycles. The molecule has 0 saturated carbocycles. The number of unbranched alkanes of at least 4 members (excludes halogenated alkanes) is 5. The number of hydrogen-bond donors (Lipinski definition) is 0. The predicted molar refractivity (Wildman–Crippen MR) is 38.4 cm³/mol. The molecule has 2 radical (unpaired) electrons. The van der Waals surface area contributed by atoms with Crippen molar-refractivity contribution in [2.24, 2.45) is 0 Å². The van der Waals surface area contributed by atoms with Crippen LogP contribution in [0, 0.1) is 12.8 Å². The molecule has 0 N–H and O–H groups in total. The summed E-state index contributed by atoms with van der Waals surface area (Å²) in [6.45, 7) is 4.33. The van der Waals surface area contributed by atoms with Crippen LogP contribution in [0.5, 0.6) is 0 Å². The van der Waals surface area contributed by atoms with Gasteiger partial charge in [-0.3, -0.25) is 0 Å². The molecule has 0 unspecified atom stereocenters. The second-order valence-electron chi connectivity index (χ2n) is 2.07. The van der Waals surface area contributed by atoms with Crippen LogP contribution >= 0.6 is 0 Å². The highest BCUT2D eigenvalue weighted by Gasteiger charge is 1.84. The molecule has 48 valence electrons. The minimum atomic E-state index is 1.18. The van der Waals surface area contributed by atoms with Gasteiger partial charge in [0.15, 0.2) is 0 Å². The SMILES string of the molecule is C[CH]C[CH]CCCC. The van der Waals surface area contributed by atoms with Crippen molar-refractivity contribution in [2.75, 3.05) is 0 Å². The molecule has 0 aromatic carbocycles. The third kappa shape index (κ3) is 6.00. The van der Waals surface area contributed by atoms with Gasteiger partial charge in [-0.15, -0.1) is 0 Å². The van der Waals surface area contributed by atoms with Crippen LogP contribution in [0.3, 0.4) is 0 Å².